The fourth-order valence-corrected chi connectivity index (χ4v) is 2.05. The van der Waals surface area contributed by atoms with E-state index in [9.17, 15) is 4.79 Å². The van der Waals surface area contributed by atoms with Gasteiger partial charge in [0.05, 0.1) is 6.10 Å². The molecule has 0 spiro atoms. The Morgan fingerprint density at radius 3 is 2.94 bits per heavy atom. The second-order valence-corrected chi connectivity index (χ2v) is 4.98. The zero-order valence-electron chi connectivity index (χ0n) is 10.9. The number of piperidine rings is 1. The summed E-state index contributed by atoms with van der Waals surface area (Å²) in [6.07, 6.45) is 1.99. The number of nitrogens with zero attached hydrogens (tertiary/aromatic N) is 1. The molecule has 0 radical (unpaired) electrons. The van der Waals surface area contributed by atoms with E-state index in [1.54, 1.807) is 6.92 Å². The number of hydrogen-bond acceptors (Lipinski definition) is 3. The van der Waals surface area contributed by atoms with Crippen LogP contribution in [0.1, 0.15) is 26.7 Å². The SMILES string of the molecule is CC(O)CNCCNC(=O)N1CCCC(C)C1. The summed E-state index contributed by atoms with van der Waals surface area (Å²) in [5.74, 6) is 0.614. The molecule has 2 amide bonds. The lowest BCUT2D eigenvalue weighted by molar-refractivity contribution is 0.169. The molecule has 1 saturated heterocycles. The van der Waals surface area contributed by atoms with Crippen LogP contribution in [0.3, 0.4) is 0 Å². The van der Waals surface area contributed by atoms with E-state index in [-0.39, 0.29) is 12.1 Å². The van der Waals surface area contributed by atoms with E-state index in [2.05, 4.69) is 17.6 Å². The predicted molar refractivity (Wildman–Crippen MR) is 67.9 cm³/mol. The fraction of sp³-hybridized carbons (Fsp3) is 0.917. The number of amides is 2. The summed E-state index contributed by atoms with van der Waals surface area (Å²) < 4.78 is 0. The highest BCUT2D eigenvalue weighted by Gasteiger charge is 2.20. The molecule has 0 saturated carbocycles. The summed E-state index contributed by atoms with van der Waals surface area (Å²) in [7, 11) is 0. The van der Waals surface area contributed by atoms with Gasteiger partial charge in [0.1, 0.15) is 0 Å². The minimum Gasteiger partial charge on any atom is -0.392 e. The molecule has 0 aliphatic carbocycles. The molecule has 0 aromatic carbocycles. The van der Waals surface area contributed by atoms with Crippen molar-refractivity contribution in [1.82, 2.24) is 15.5 Å². The Morgan fingerprint density at radius 2 is 2.29 bits per heavy atom. The number of likely N-dealkylation sites (tertiary alicyclic amines) is 1. The van der Waals surface area contributed by atoms with Crippen LogP contribution in [-0.4, -0.2) is 54.9 Å². The zero-order chi connectivity index (χ0) is 12.7. The summed E-state index contributed by atoms with van der Waals surface area (Å²) in [4.78, 5) is 13.7. The Labute approximate surface area is 104 Å². The lowest BCUT2D eigenvalue weighted by Crippen LogP contribution is -2.46. The number of hydrogen-bond donors (Lipinski definition) is 3. The van der Waals surface area contributed by atoms with Crippen molar-refractivity contribution in [2.75, 3.05) is 32.7 Å². The third-order valence-corrected chi connectivity index (χ3v) is 2.96. The van der Waals surface area contributed by atoms with Gasteiger partial charge in [0.25, 0.3) is 0 Å². The van der Waals surface area contributed by atoms with Gasteiger partial charge in [-0.05, 0) is 25.7 Å². The Balaban J connectivity index is 2.08. The monoisotopic (exact) mass is 243 g/mol. The van der Waals surface area contributed by atoms with Crippen LogP contribution in [-0.2, 0) is 0 Å². The average molecular weight is 243 g/mol. The molecule has 1 rings (SSSR count). The number of urea groups is 1. The largest absolute Gasteiger partial charge is 0.392 e. The number of rotatable bonds is 5. The summed E-state index contributed by atoms with van der Waals surface area (Å²) in [5, 5.41) is 15.0. The maximum Gasteiger partial charge on any atom is 0.317 e. The molecule has 2 unspecified atom stereocenters. The molecule has 0 aromatic heterocycles. The van der Waals surface area contributed by atoms with E-state index in [1.165, 1.54) is 6.42 Å². The van der Waals surface area contributed by atoms with Crippen LogP contribution in [0.15, 0.2) is 0 Å². The van der Waals surface area contributed by atoms with Crippen LogP contribution in [0.2, 0.25) is 0 Å². The van der Waals surface area contributed by atoms with E-state index >= 15 is 0 Å². The lowest BCUT2D eigenvalue weighted by Gasteiger charge is -2.30. The zero-order valence-corrected chi connectivity index (χ0v) is 10.9. The van der Waals surface area contributed by atoms with Crippen LogP contribution in [0, 0.1) is 5.92 Å². The first kappa shape index (κ1) is 14.3. The topological polar surface area (TPSA) is 64.6 Å². The third kappa shape index (κ3) is 5.89. The lowest BCUT2D eigenvalue weighted by atomic mass is 10.0. The third-order valence-electron chi connectivity index (χ3n) is 2.96. The molecule has 5 heteroatoms. The molecule has 0 bridgehead atoms. The molecule has 1 heterocycles. The number of carbonyl (C=O) groups excluding carboxylic acids is 1. The molecular formula is C12H25N3O2. The molecule has 5 nitrogen and oxygen atoms in total. The van der Waals surface area contributed by atoms with Gasteiger partial charge >= 0.3 is 6.03 Å². The Bertz CT molecular complexity index is 234. The highest BCUT2D eigenvalue weighted by Crippen LogP contribution is 2.14. The summed E-state index contributed by atoms with van der Waals surface area (Å²) in [6.45, 7) is 7.53. The number of aliphatic hydroxyl groups is 1. The van der Waals surface area contributed by atoms with Gasteiger partial charge in [0.15, 0.2) is 0 Å². The van der Waals surface area contributed by atoms with Crippen LogP contribution in [0.5, 0.6) is 0 Å². The average Bonchev–Trinajstić information content (AvgIpc) is 2.28. The maximum absolute atomic E-state index is 11.8. The van der Waals surface area contributed by atoms with E-state index in [4.69, 9.17) is 5.11 Å². The molecule has 1 aliphatic heterocycles. The van der Waals surface area contributed by atoms with Gasteiger partial charge in [-0.1, -0.05) is 6.92 Å². The maximum atomic E-state index is 11.8. The highest BCUT2D eigenvalue weighted by molar-refractivity contribution is 5.74. The number of aliphatic hydroxyl groups excluding tert-OH is 1. The van der Waals surface area contributed by atoms with Crippen molar-refractivity contribution in [2.24, 2.45) is 5.92 Å². The van der Waals surface area contributed by atoms with Crippen molar-refractivity contribution in [3.8, 4) is 0 Å². The van der Waals surface area contributed by atoms with Crippen molar-refractivity contribution in [3.63, 3.8) is 0 Å². The van der Waals surface area contributed by atoms with Gasteiger partial charge in [0.2, 0.25) is 0 Å². The van der Waals surface area contributed by atoms with Crippen molar-refractivity contribution in [1.29, 1.82) is 0 Å². The molecule has 3 N–H and O–H groups in total. The molecule has 1 fully saturated rings. The molecule has 0 aromatic rings. The van der Waals surface area contributed by atoms with Crippen LogP contribution < -0.4 is 10.6 Å². The number of nitrogens with one attached hydrogen (secondary N) is 2. The molecule has 100 valence electrons. The Hall–Kier alpha value is -0.810. The second-order valence-electron chi connectivity index (χ2n) is 4.98. The van der Waals surface area contributed by atoms with Gasteiger partial charge in [-0.15, -0.1) is 0 Å². The first-order chi connectivity index (χ1) is 8.09. The first-order valence-electron chi connectivity index (χ1n) is 6.51. The number of carbonyl (C=O) groups is 1. The van der Waals surface area contributed by atoms with E-state index in [0.717, 1.165) is 19.5 Å². The smallest absolute Gasteiger partial charge is 0.317 e. The van der Waals surface area contributed by atoms with Crippen molar-refractivity contribution < 1.29 is 9.90 Å². The molecular weight excluding hydrogens is 218 g/mol. The normalized spacial score (nSPS) is 22.3. The van der Waals surface area contributed by atoms with Gasteiger partial charge in [-0.25, -0.2) is 4.79 Å². The molecule has 1 aliphatic rings. The second kappa shape index (κ2) is 7.50. The predicted octanol–water partition coefficient (Wildman–Crippen LogP) is 0.398. The Kier molecular flexibility index (Phi) is 6.29. The van der Waals surface area contributed by atoms with Crippen molar-refractivity contribution >= 4 is 6.03 Å². The highest BCUT2D eigenvalue weighted by atomic mass is 16.3. The summed E-state index contributed by atoms with van der Waals surface area (Å²) >= 11 is 0. The van der Waals surface area contributed by atoms with Crippen LogP contribution >= 0.6 is 0 Å². The minimum atomic E-state index is -0.339. The van der Waals surface area contributed by atoms with Gasteiger partial charge < -0.3 is 20.6 Å². The van der Waals surface area contributed by atoms with E-state index < -0.39 is 0 Å². The van der Waals surface area contributed by atoms with Crippen molar-refractivity contribution in [3.05, 3.63) is 0 Å². The van der Waals surface area contributed by atoms with E-state index in [0.29, 0.717) is 25.6 Å². The summed E-state index contributed by atoms with van der Waals surface area (Å²) in [5.41, 5.74) is 0. The molecule has 17 heavy (non-hydrogen) atoms. The van der Waals surface area contributed by atoms with Gasteiger partial charge in [0, 0.05) is 32.7 Å². The van der Waals surface area contributed by atoms with Crippen LogP contribution in [0.4, 0.5) is 4.79 Å². The van der Waals surface area contributed by atoms with Gasteiger partial charge in [-0.2, -0.15) is 0 Å². The standard InChI is InChI=1S/C12H25N3O2/c1-10-4-3-7-15(9-10)12(17)14-6-5-13-8-11(2)16/h10-11,13,16H,3-9H2,1-2H3,(H,14,17). The van der Waals surface area contributed by atoms with Gasteiger partial charge in [-0.3, -0.25) is 0 Å². The minimum absolute atomic E-state index is 0.0374. The fourth-order valence-electron chi connectivity index (χ4n) is 2.05. The van der Waals surface area contributed by atoms with Crippen molar-refractivity contribution in [2.45, 2.75) is 32.8 Å². The summed E-state index contributed by atoms with van der Waals surface area (Å²) in [6, 6.07) is 0.0374. The first-order valence-corrected chi connectivity index (χ1v) is 6.51. The quantitative estimate of drug-likeness (QED) is 0.612. The van der Waals surface area contributed by atoms with Crippen LogP contribution in [0.25, 0.3) is 0 Å². The Morgan fingerprint density at radius 1 is 1.53 bits per heavy atom. The molecule has 2 atom stereocenters. The van der Waals surface area contributed by atoms with E-state index in [1.807, 2.05) is 4.90 Å².